The van der Waals surface area contributed by atoms with Crippen LogP contribution in [-0.4, -0.2) is 122 Å². The number of hydrogen-bond donors (Lipinski definition) is 5. The highest BCUT2D eigenvalue weighted by Gasteiger charge is 2.62. The number of ether oxygens (including phenoxy) is 4. The summed E-state index contributed by atoms with van der Waals surface area (Å²) in [6.45, 7) is 13.4. The smallest absolute Gasteiger partial charge is 0.309 e. The Labute approximate surface area is 298 Å². The molecule has 0 aromatic carbocycles. The fourth-order valence-corrected chi connectivity index (χ4v) is 8.52. The zero-order valence-corrected chi connectivity index (χ0v) is 31.2. The lowest BCUT2D eigenvalue weighted by molar-refractivity contribution is -0.506. The van der Waals surface area contributed by atoms with E-state index in [1.807, 2.05) is 5.06 Å². The summed E-state index contributed by atoms with van der Waals surface area (Å²) in [5.74, 6) is -0.592. The van der Waals surface area contributed by atoms with E-state index in [0.717, 1.165) is 117 Å². The van der Waals surface area contributed by atoms with Crippen molar-refractivity contribution >= 4 is 0 Å². The molecule has 0 aliphatic carbocycles. The number of rotatable bonds is 14. The Balaban J connectivity index is 0.000000704. The number of hydrogen-bond acceptors (Lipinski definition) is 11. The van der Waals surface area contributed by atoms with Crippen LogP contribution in [0.3, 0.4) is 0 Å². The molecule has 6 heterocycles. The van der Waals surface area contributed by atoms with Gasteiger partial charge in [-0.2, -0.15) is 0 Å². The third-order valence-electron chi connectivity index (χ3n) is 11.8. The van der Waals surface area contributed by atoms with Crippen LogP contribution in [0.4, 0.5) is 0 Å². The minimum Gasteiger partial charge on any atom is -0.347 e. The Morgan fingerprint density at radius 2 is 1.20 bits per heavy atom. The molecule has 6 rings (SSSR count). The fourth-order valence-electron chi connectivity index (χ4n) is 8.52. The van der Waals surface area contributed by atoms with Crippen molar-refractivity contribution in [1.29, 1.82) is 0 Å². The lowest BCUT2D eigenvalue weighted by Gasteiger charge is -2.51. The van der Waals surface area contributed by atoms with E-state index in [4.69, 9.17) is 23.8 Å². The highest BCUT2D eigenvalue weighted by molar-refractivity contribution is 4.92. The maximum Gasteiger partial charge on any atom is 0.309 e. The van der Waals surface area contributed by atoms with Crippen LogP contribution < -0.4 is 26.6 Å². The van der Waals surface area contributed by atoms with Gasteiger partial charge in [-0.25, -0.2) is 0 Å². The van der Waals surface area contributed by atoms with Crippen LogP contribution in [0.25, 0.3) is 0 Å². The van der Waals surface area contributed by atoms with Gasteiger partial charge in [0, 0.05) is 26.6 Å². The molecule has 0 aromatic heterocycles. The van der Waals surface area contributed by atoms with Gasteiger partial charge in [0.1, 0.15) is 0 Å². The zero-order valence-electron chi connectivity index (χ0n) is 31.2. The van der Waals surface area contributed by atoms with Gasteiger partial charge in [0.25, 0.3) is 0 Å². The van der Waals surface area contributed by atoms with E-state index >= 15 is 0 Å². The molecule has 6 fully saturated rings. The van der Waals surface area contributed by atoms with E-state index in [1.165, 1.54) is 64.5 Å². The average molecular weight is 695 g/mol. The Bertz CT molecular complexity index is 835. The number of methoxy groups -OCH3 is 1. The van der Waals surface area contributed by atoms with E-state index in [-0.39, 0.29) is 6.10 Å². The van der Waals surface area contributed by atoms with Gasteiger partial charge in [0.2, 0.25) is 5.79 Å². The van der Waals surface area contributed by atoms with E-state index in [0.29, 0.717) is 37.6 Å². The maximum atomic E-state index is 7.17. The largest absolute Gasteiger partial charge is 0.347 e. The molecule has 6 aliphatic rings. The maximum absolute atomic E-state index is 7.17. The number of hydroxylamine groups is 2. The molecule has 0 spiro atoms. The molecule has 6 saturated heterocycles. The first-order valence-electron chi connectivity index (χ1n) is 20.7. The van der Waals surface area contributed by atoms with E-state index in [1.54, 1.807) is 7.11 Å². The van der Waals surface area contributed by atoms with E-state index < -0.39 is 11.7 Å². The summed E-state index contributed by atoms with van der Waals surface area (Å²) in [6, 6.07) is 0. The topological polar surface area (TPSA) is 110 Å². The highest BCUT2D eigenvalue weighted by atomic mass is 16.9. The van der Waals surface area contributed by atoms with Gasteiger partial charge in [-0.05, 0) is 173 Å². The normalized spacial score (nSPS) is 33.2. The van der Waals surface area contributed by atoms with E-state index in [9.17, 15) is 0 Å². The van der Waals surface area contributed by atoms with Gasteiger partial charge < -0.3 is 45.5 Å². The van der Waals surface area contributed by atoms with Gasteiger partial charge in [-0.15, -0.1) is 5.06 Å². The standard InChI is InChI=1S/C33H63N5O5.C5H11N/c1-39-32(40-23-14-29-7-6-17-36-25-29)15-3-5-22-38(43-31-8-2-4-16-37-26-31)33(32,42-27-30-11-20-35-21-12-30)41-24-13-28-9-18-34-19-10-28;1-2-4-6-5-3-1/h28-31,34-37H,2-27H2,1H3;6H,1-5H2. The Morgan fingerprint density at radius 1 is 0.551 bits per heavy atom. The second-order valence-electron chi connectivity index (χ2n) is 15.5. The van der Waals surface area contributed by atoms with Gasteiger partial charge in [0.05, 0.1) is 25.9 Å². The second kappa shape index (κ2) is 22.6. The first-order chi connectivity index (χ1) is 24.2. The molecule has 5 N–H and O–H groups in total. The first-order valence-corrected chi connectivity index (χ1v) is 20.7. The van der Waals surface area contributed by atoms with Gasteiger partial charge in [-0.1, -0.05) is 6.42 Å². The summed E-state index contributed by atoms with van der Waals surface area (Å²) >= 11 is 0. The Hall–Kier alpha value is -0.440. The summed E-state index contributed by atoms with van der Waals surface area (Å²) < 4.78 is 27.8. The third kappa shape index (κ3) is 12.6. The number of nitrogens with one attached hydrogen (secondary N) is 5. The molecular formula is C38H74N6O5. The monoisotopic (exact) mass is 695 g/mol. The molecule has 6 aliphatic heterocycles. The van der Waals surface area contributed by atoms with Crippen molar-refractivity contribution in [2.75, 3.05) is 98.9 Å². The molecule has 4 unspecified atom stereocenters. The summed E-state index contributed by atoms with van der Waals surface area (Å²) in [5.41, 5.74) is 0. The quantitative estimate of drug-likeness (QED) is 0.170. The summed E-state index contributed by atoms with van der Waals surface area (Å²) in [5, 5.41) is 19.5. The van der Waals surface area contributed by atoms with Crippen molar-refractivity contribution in [2.24, 2.45) is 17.8 Å². The third-order valence-corrected chi connectivity index (χ3v) is 11.8. The molecule has 11 nitrogen and oxygen atoms in total. The predicted octanol–water partition coefficient (Wildman–Crippen LogP) is 4.13. The van der Waals surface area contributed by atoms with Gasteiger partial charge in [0.15, 0.2) is 0 Å². The minimum atomic E-state index is -1.27. The van der Waals surface area contributed by atoms with Crippen LogP contribution in [0.15, 0.2) is 0 Å². The van der Waals surface area contributed by atoms with Gasteiger partial charge >= 0.3 is 5.91 Å². The summed E-state index contributed by atoms with van der Waals surface area (Å²) in [6.07, 6.45) is 19.4. The van der Waals surface area contributed by atoms with Crippen LogP contribution in [0.1, 0.15) is 109 Å². The Kier molecular flexibility index (Phi) is 18.3. The fraction of sp³-hybridized carbons (Fsp3) is 1.00. The Morgan fingerprint density at radius 3 is 1.90 bits per heavy atom. The SMILES string of the molecule is C1CCNCC1.COC1(OCCC2CCCNC2)CCCCN(OC2CCCCNC2)C1(OCCC1CCNCC1)OCC1CCNCC1. The molecular weight excluding hydrogens is 620 g/mol. The van der Waals surface area contributed by atoms with Crippen LogP contribution in [0, 0.1) is 17.8 Å². The van der Waals surface area contributed by atoms with Crippen LogP contribution in [-0.2, 0) is 23.8 Å². The predicted molar refractivity (Wildman–Crippen MR) is 195 cm³/mol. The van der Waals surface area contributed by atoms with Crippen molar-refractivity contribution in [3.8, 4) is 0 Å². The molecule has 4 atom stereocenters. The van der Waals surface area contributed by atoms with Gasteiger partial charge in [-0.3, -0.25) is 4.84 Å². The molecule has 0 saturated carbocycles. The molecule has 0 amide bonds. The van der Waals surface area contributed by atoms with Crippen LogP contribution in [0.5, 0.6) is 0 Å². The minimum absolute atomic E-state index is 0.0679. The average Bonchev–Trinajstić information content (AvgIpc) is 3.51. The summed E-state index contributed by atoms with van der Waals surface area (Å²) in [7, 11) is 1.79. The molecule has 0 radical (unpaired) electrons. The van der Waals surface area contributed by atoms with Crippen molar-refractivity contribution < 1.29 is 23.8 Å². The van der Waals surface area contributed by atoms with Crippen molar-refractivity contribution in [3.05, 3.63) is 0 Å². The van der Waals surface area contributed by atoms with E-state index in [2.05, 4.69) is 26.6 Å². The van der Waals surface area contributed by atoms with Crippen molar-refractivity contribution in [3.63, 3.8) is 0 Å². The van der Waals surface area contributed by atoms with Crippen molar-refractivity contribution in [2.45, 2.75) is 127 Å². The second-order valence-corrected chi connectivity index (χ2v) is 15.5. The summed E-state index contributed by atoms with van der Waals surface area (Å²) in [4.78, 5) is 6.97. The molecule has 286 valence electrons. The first kappa shape index (κ1) is 39.8. The molecule has 49 heavy (non-hydrogen) atoms. The highest BCUT2D eigenvalue weighted by Crippen LogP contribution is 2.44. The number of piperidine rings is 4. The molecule has 11 heteroatoms. The number of nitrogens with zero attached hydrogens (tertiary/aromatic N) is 1. The van der Waals surface area contributed by atoms with Crippen molar-refractivity contribution in [1.82, 2.24) is 31.6 Å². The molecule has 0 aromatic rings. The lowest BCUT2D eigenvalue weighted by atomic mass is 9.95. The van der Waals surface area contributed by atoms with Crippen LogP contribution >= 0.6 is 0 Å². The lowest BCUT2D eigenvalue weighted by Crippen LogP contribution is -2.69. The molecule has 0 bridgehead atoms. The zero-order chi connectivity index (χ0) is 33.9. The van der Waals surface area contributed by atoms with Crippen LogP contribution in [0.2, 0.25) is 0 Å².